The van der Waals surface area contributed by atoms with Crippen LogP contribution in [-0.4, -0.2) is 34.3 Å². The van der Waals surface area contributed by atoms with E-state index in [1.165, 1.54) is 7.05 Å². The number of carbonyl (C=O) groups excluding carboxylic acids is 1. The van der Waals surface area contributed by atoms with E-state index >= 15 is 0 Å². The molecule has 0 N–H and O–H groups in total. The molecule has 0 aliphatic heterocycles. The van der Waals surface area contributed by atoms with Crippen LogP contribution >= 0.6 is 11.3 Å². The quantitative estimate of drug-likeness (QED) is 0.574. The van der Waals surface area contributed by atoms with Crippen LogP contribution in [0.15, 0.2) is 18.3 Å². The van der Waals surface area contributed by atoms with Crippen molar-refractivity contribution < 1.29 is 22.4 Å². The molecule has 2 heterocycles. The van der Waals surface area contributed by atoms with Gasteiger partial charge in [0.05, 0.1) is 5.56 Å². The van der Waals surface area contributed by atoms with E-state index in [1.54, 1.807) is 0 Å². The summed E-state index contributed by atoms with van der Waals surface area (Å²) in [6.45, 7) is 3.90. The number of anilines is 1. The molecule has 28 heavy (non-hydrogen) atoms. The number of rotatable bonds is 8. The number of pyridine rings is 1. The average Bonchev–Trinajstić information content (AvgIpc) is 3.12. The van der Waals surface area contributed by atoms with Crippen molar-refractivity contribution in [1.29, 1.82) is 0 Å². The molecule has 0 aliphatic rings. The lowest BCUT2D eigenvalue weighted by atomic mass is 10.0. The summed E-state index contributed by atoms with van der Waals surface area (Å²) in [5.74, 6) is 0.396. The summed E-state index contributed by atoms with van der Waals surface area (Å²) in [7, 11) is 1.31. The predicted octanol–water partition coefficient (Wildman–Crippen LogP) is 4.89. The molecule has 1 amide bonds. The van der Waals surface area contributed by atoms with Gasteiger partial charge < -0.3 is 0 Å². The van der Waals surface area contributed by atoms with Crippen LogP contribution in [0.3, 0.4) is 0 Å². The summed E-state index contributed by atoms with van der Waals surface area (Å²) in [5, 5.41) is 8.20. The van der Waals surface area contributed by atoms with E-state index in [1.807, 2.05) is 13.8 Å². The van der Waals surface area contributed by atoms with Crippen molar-refractivity contribution in [2.24, 2.45) is 0 Å². The Labute approximate surface area is 164 Å². The maximum atomic E-state index is 13.9. The summed E-state index contributed by atoms with van der Waals surface area (Å²) in [6.07, 6.45) is -2.72. The van der Waals surface area contributed by atoms with Gasteiger partial charge in [0, 0.05) is 19.7 Å². The normalized spacial score (nSPS) is 13.0. The molecular formula is C18H21F4N4OS. The Hall–Kier alpha value is -2.10. The summed E-state index contributed by atoms with van der Waals surface area (Å²) < 4.78 is 52.3. The second kappa shape index (κ2) is 9.40. The van der Waals surface area contributed by atoms with Crippen LogP contribution in [0.4, 0.5) is 23.4 Å². The van der Waals surface area contributed by atoms with E-state index in [-0.39, 0.29) is 17.2 Å². The fraction of sp³-hybridized carbons (Fsp3) is 0.500. The van der Waals surface area contributed by atoms with Crippen LogP contribution in [-0.2, 0) is 12.6 Å². The van der Waals surface area contributed by atoms with Gasteiger partial charge in [-0.25, -0.2) is 9.37 Å². The van der Waals surface area contributed by atoms with Gasteiger partial charge in [-0.2, -0.15) is 13.2 Å². The molecule has 10 heteroatoms. The lowest BCUT2D eigenvalue weighted by Crippen LogP contribution is -2.27. The first-order valence-corrected chi connectivity index (χ1v) is 9.46. The van der Waals surface area contributed by atoms with Gasteiger partial charge in [0.15, 0.2) is 0 Å². The van der Waals surface area contributed by atoms with Gasteiger partial charge in [-0.1, -0.05) is 25.2 Å². The Balaban J connectivity index is 2.00. The number of halogens is 4. The second-order valence-electron chi connectivity index (χ2n) is 6.65. The highest BCUT2D eigenvalue weighted by Crippen LogP contribution is 2.31. The summed E-state index contributed by atoms with van der Waals surface area (Å²) >= 11 is 1.00. The zero-order valence-electron chi connectivity index (χ0n) is 15.8. The summed E-state index contributed by atoms with van der Waals surface area (Å²) in [4.78, 5) is 17.3. The zero-order chi connectivity index (χ0) is 20.9. The minimum absolute atomic E-state index is 0.0184. The highest BCUT2D eigenvalue weighted by molar-refractivity contribution is 7.13. The van der Waals surface area contributed by atoms with E-state index in [0.717, 1.165) is 46.9 Å². The molecule has 0 saturated carbocycles. The van der Waals surface area contributed by atoms with Crippen LogP contribution in [0, 0.1) is 5.92 Å². The Bertz CT molecular complexity index is 794. The zero-order valence-corrected chi connectivity index (χ0v) is 16.6. The number of hydrogen-bond donors (Lipinski definition) is 0. The second-order valence-corrected chi connectivity index (χ2v) is 7.71. The first-order chi connectivity index (χ1) is 13.1. The van der Waals surface area contributed by atoms with Crippen LogP contribution in [0.1, 0.15) is 53.5 Å². The molecule has 0 saturated heterocycles. The van der Waals surface area contributed by atoms with Gasteiger partial charge in [-0.15, -0.1) is 10.2 Å². The van der Waals surface area contributed by atoms with Crippen molar-refractivity contribution in [3.63, 3.8) is 0 Å². The van der Waals surface area contributed by atoms with Gasteiger partial charge in [0.2, 0.25) is 5.01 Å². The minimum atomic E-state index is -4.53. The third kappa shape index (κ3) is 6.22. The lowest BCUT2D eigenvalue weighted by molar-refractivity contribution is -0.137. The van der Waals surface area contributed by atoms with Gasteiger partial charge in [0.1, 0.15) is 17.0 Å². The Morgan fingerprint density at radius 3 is 2.61 bits per heavy atom. The van der Waals surface area contributed by atoms with Crippen molar-refractivity contribution in [3.05, 3.63) is 39.8 Å². The summed E-state index contributed by atoms with van der Waals surface area (Å²) in [6, 6.07) is 1.62. The lowest BCUT2D eigenvalue weighted by Gasteiger charge is -2.16. The molecule has 153 valence electrons. The predicted molar refractivity (Wildman–Crippen MR) is 98.9 cm³/mol. The van der Waals surface area contributed by atoms with E-state index < -0.39 is 23.8 Å². The number of amides is 1. The third-order valence-corrected chi connectivity index (χ3v) is 4.97. The monoisotopic (exact) mass is 417 g/mol. The number of hydrogen-bond acceptors (Lipinski definition) is 5. The number of nitrogens with zero attached hydrogens (tertiary/aromatic N) is 4. The maximum absolute atomic E-state index is 13.9. The molecule has 1 radical (unpaired) electrons. The number of alkyl halides is 4. The smallest absolute Gasteiger partial charge is 0.294 e. The van der Waals surface area contributed by atoms with E-state index in [9.17, 15) is 22.4 Å². The first kappa shape index (κ1) is 22.2. The Kier molecular flexibility index (Phi) is 7.45. The van der Waals surface area contributed by atoms with E-state index in [4.69, 9.17) is 0 Å². The summed E-state index contributed by atoms with van der Waals surface area (Å²) in [5.41, 5.74) is -0.899. The molecule has 2 aromatic rings. The molecule has 0 aliphatic carbocycles. The van der Waals surface area contributed by atoms with Crippen LogP contribution in [0.2, 0.25) is 0 Å². The number of aryl methyl sites for hydroxylation is 1. The van der Waals surface area contributed by atoms with Crippen molar-refractivity contribution in [2.45, 2.75) is 51.9 Å². The van der Waals surface area contributed by atoms with Gasteiger partial charge >= 0.3 is 6.18 Å². The maximum Gasteiger partial charge on any atom is 0.416 e. The number of aromatic nitrogens is 3. The molecule has 1 atom stereocenters. The standard InChI is InChI=1S/C18H21F4N4OS/c1-11(2)4-5-13(19)6-7-15-24-25-16(28-15)17(27)26(3)14-10-12(8-9-23-14)18(20,21)22/h8-10,13H,4-7H2,1-3H3. The van der Waals surface area contributed by atoms with Crippen molar-refractivity contribution >= 4 is 23.1 Å². The molecule has 0 bridgehead atoms. The van der Waals surface area contributed by atoms with Gasteiger partial charge in [0.25, 0.3) is 5.91 Å². The molecule has 0 fully saturated rings. The molecular weight excluding hydrogens is 396 g/mol. The fourth-order valence-corrected chi connectivity index (χ4v) is 3.17. The van der Waals surface area contributed by atoms with E-state index in [0.29, 0.717) is 17.8 Å². The van der Waals surface area contributed by atoms with Crippen LogP contribution in [0.25, 0.3) is 0 Å². The molecule has 2 rings (SSSR count). The van der Waals surface area contributed by atoms with E-state index in [2.05, 4.69) is 15.2 Å². The minimum Gasteiger partial charge on any atom is -0.294 e. The highest BCUT2D eigenvalue weighted by atomic mass is 32.1. The molecule has 5 nitrogen and oxygen atoms in total. The Morgan fingerprint density at radius 1 is 1.25 bits per heavy atom. The first-order valence-electron chi connectivity index (χ1n) is 8.64. The van der Waals surface area contributed by atoms with Gasteiger partial charge in [-0.05, 0) is 37.3 Å². The van der Waals surface area contributed by atoms with Crippen molar-refractivity contribution in [1.82, 2.24) is 15.2 Å². The highest BCUT2D eigenvalue weighted by Gasteiger charge is 2.31. The largest absolute Gasteiger partial charge is 0.416 e. The molecule has 0 aromatic carbocycles. The van der Waals surface area contributed by atoms with Crippen molar-refractivity contribution in [3.8, 4) is 0 Å². The van der Waals surface area contributed by atoms with Crippen LogP contribution in [0.5, 0.6) is 0 Å². The SMILES string of the molecule is C[C](C)CCC(F)CCc1nnc(C(=O)N(C)c2cc(C(F)(F)F)ccn2)s1. The van der Waals surface area contributed by atoms with Gasteiger partial charge in [-0.3, -0.25) is 9.69 Å². The molecule has 2 aromatic heterocycles. The average molecular weight is 417 g/mol. The molecule has 1 unspecified atom stereocenters. The molecule has 0 spiro atoms. The third-order valence-electron chi connectivity index (χ3n) is 4.00. The number of carbonyl (C=O) groups is 1. The van der Waals surface area contributed by atoms with Crippen LogP contribution < -0.4 is 4.90 Å². The fourth-order valence-electron chi connectivity index (χ4n) is 2.34. The van der Waals surface area contributed by atoms with Crippen molar-refractivity contribution in [2.75, 3.05) is 11.9 Å². The topological polar surface area (TPSA) is 59.0 Å². The Morgan fingerprint density at radius 2 is 1.96 bits per heavy atom.